The first-order valence-corrected chi connectivity index (χ1v) is 12.5. The lowest BCUT2D eigenvalue weighted by molar-refractivity contribution is -0.140. The SMILES string of the molecule is CCOC(=O)CNc1c(-c2ccc3ccccc3c2)nc2cc(C(=O)NC3CCC(N)CC3)ccn12. The topological polar surface area (TPSA) is 111 Å². The maximum Gasteiger partial charge on any atom is 0.325 e. The summed E-state index contributed by atoms with van der Waals surface area (Å²) in [6, 6.07) is 18.2. The summed E-state index contributed by atoms with van der Waals surface area (Å²) < 4.78 is 6.95. The highest BCUT2D eigenvalue weighted by Gasteiger charge is 2.22. The molecule has 1 aliphatic rings. The molecule has 0 atom stereocenters. The molecule has 8 heteroatoms. The Morgan fingerprint density at radius 3 is 2.61 bits per heavy atom. The van der Waals surface area contributed by atoms with E-state index in [4.69, 9.17) is 15.5 Å². The van der Waals surface area contributed by atoms with Crippen LogP contribution in [0.25, 0.3) is 27.7 Å². The van der Waals surface area contributed by atoms with Crippen LogP contribution in [-0.2, 0) is 9.53 Å². The summed E-state index contributed by atoms with van der Waals surface area (Å²) in [5.74, 6) is 0.205. The van der Waals surface area contributed by atoms with Crippen molar-refractivity contribution in [3.8, 4) is 11.3 Å². The van der Waals surface area contributed by atoms with Crippen molar-refractivity contribution in [3.63, 3.8) is 0 Å². The van der Waals surface area contributed by atoms with Crippen LogP contribution < -0.4 is 16.4 Å². The molecule has 0 aliphatic heterocycles. The van der Waals surface area contributed by atoms with Gasteiger partial charge < -0.3 is 21.1 Å². The summed E-state index contributed by atoms with van der Waals surface area (Å²) >= 11 is 0. The number of hydrogen-bond donors (Lipinski definition) is 3. The Morgan fingerprint density at radius 2 is 1.83 bits per heavy atom. The number of nitrogens with one attached hydrogen (secondary N) is 2. The van der Waals surface area contributed by atoms with Crippen LogP contribution in [-0.4, -0.2) is 46.5 Å². The zero-order valence-electron chi connectivity index (χ0n) is 20.4. The molecule has 1 saturated carbocycles. The van der Waals surface area contributed by atoms with Crippen molar-refractivity contribution in [1.82, 2.24) is 14.7 Å². The smallest absolute Gasteiger partial charge is 0.325 e. The van der Waals surface area contributed by atoms with Crippen LogP contribution in [0, 0.1) is 0 Å². The van der Waals surface area contributed by atoms with Gasteiger partial charge in [0.05, 0.1) is 6.61 Å². The van der Waals surface area contributed by atoms with Gasteiger partial charge in [-0.2, -0.15) is 0 Å². The van der Waals surface area contributed by atoms with E-state index in [2.05, 4.69) is 34.9 Å². The van der Waals surface area contributed by atoms with Gasteiger partial charge in [-0.05, 0) is 61.6 Å². The van der Waals surface area contributed by atoms with Gasteiger partial charge >= 0.3 is 5.97 Å². The van der Waals surface area contributed by atoms with Crippen molar-refractivity contribution in [3.05, 3.63) is 66.4 Å². The molecule has 5 rings (SSSR count). The molecule has 4 aromatic rings. The zero-order chi connectivity index (χ0) is 25.1. The summed E-state index contributed by atoms with van der Waals surface area (Å²) in [5, 5.41) is 8.57. The molecule has 186 valence electrons. The second kappa shape index (κ2) is 10.4. The van der Waals surface area contributed by atoms with E-state index in [1.165, 1.54) is 0 Å². The minimum Gasteiger partial charge on any atom is -0.465 e. The Morgan fingerprint density at radius 1 is 1.06 bits per heavy atom. The number of anilines is 1. The van der Waals surface area contributed by atoms with E-state index < -0.39 is 0 Å². The van der Waals surface area contributed by atoms with E-state index >= 15 is 0 Å². The minimum atomic E-state index is -0.347. The highest BCUT2D eigenvalue weighted by molar-refractivity contribution is 5.96. The van der Waals surface area contributed by atoms with Crippen molar-refractivity contribution >= 4 is 34.1 Å². The molecule has 1 aliphatic carbocycles. The molecule has 2 heterocycles. The lowest BCUT2D eigenvalue weighted by Crippen LogP contribution is -2.40. The molecule has 1 amide bonds. The van der Waals surface area contributed by atoms with Crippen molar-refractivity contribution in [1.29, 1.82) is 0 Å². The standard InChI is InChI=1S/C28H31N5O3/c1-2-36-25(34)17-30-27-26(20-8-7-18-5-3-4-6-19(18)15-20)32-24-16-21(13-14-33(24)27)28(35)31-23-11-9-22(29)10-12-23/h3-8,13-16,22-23,30H,2,9-12,17,29H2,1H3,(H,31,35). The average Bonchev–Trinajstić information content (AvgIpc) is 3.26. The number of aromatic nitrogens is 2. The van der Waals surface area contributed by atoms with Crippen LogP contribution in [0.2, 0.25) is 0 Å². The van der Waals surface area contributed by atoms with Crippen molar-refractivity contribution in [2.24, 2.45) is 5.73 Å². The monoisotopic (exact) mass is 485 g/mol. The Labute approximate surface area is 209 Å². The summed E-state index contributed by atoms with van der Waals surface area (Å²) in [5.41, 5.74) is 8.77. The van der Waals surface area contributed by atoms with Gasteiger partial charge in [-0.1, -0.05) is 36.4 Å². The highest BCUT2D eigenvalue weighted by atomic mass is 16.5. The number of amides is 1. The van der Waals surface area contributed by atoms with Crippen molar-refractivity contribution < 1.29 is 14.3 Å². The number of benzene rings is 2. The number of carbonyl (C=O) groups excluding carboxylic acids is 2. The normalized spacial score (nSPS) is 17.7. The van der Waals surface area contributed by atoms with Crippen LogP contribution >= 0.6 is 0 Å². The highest BCUT2D eigenvalue weighted by Crippen LogP contribution is 2.31. The lowest BCUT2D eigenvalue weighted by Gasteiger charge is -2.26. The minimum absolute atomic E-state index is 0.00820. The van der Waals surface area contributed by atoms with Gasteiger partial charge in [0.2, 0.25) is 0 Å². The lowest BCUT2D eigenvalue weighted by atomic mass is 9.91. The molecule has 2 aromatic carbocycles. The Bertz CT molecular complexity index is 1410. The quantitative estimate of drug-likeness (QED) is 0.340. The van der Waals surface area contributed by atoms with Gasteiger partial charge in [-0.3, -0.25) is 14.0 Å². The number of pyridine rings is 1. The molecule has 0 radical (unpaired) electrons. The second-order valence-electron chi connectivity index (χ2n) is 9.26. The molecule has 8 nitrogen and oxygen atoms in total. The first kappa shape index (κ1) is 23.8. The Kier molecular flexibility index (Phi) is 6.86. The average molecular weight is 486 g/mol. The number of nitrogens with zero attached hydrogens (tertiary/aromatic N) is 2. The van der Waals surface area contributed by atoms with E-state index in [9.17, 15) is 9.59 Å². The van der Waals surface area contributed by atoms with Crippen LogP contribution in [0.5, 0.6) is 0 Å². The second-order valence-corrected chi connectivity index (χ2v) is 9.26. The van der Waals surface area contributed by atoms with E-state index in [0.29, 0.717) is 29.3 Å². The predicted octanol–water partition coefficient (Wildman–Crippen LogP) is 4.13. The summed E-state index contributed by atoms with van der Waals surface area (Å²) in [4.78, 5) is 29.9. The number of hydrogen-bond acceptors (Lipinski definition) is 6. The van der Waals surface area contributed by atoms with Crippen LogP contribution in [0.15, 0.2) is 60.8 Å². The van der Waals surface area contributed by atoms with Gasteiger partial charge in [0.25, 0.3) is 5.91 Å². The summed E-state index contributed by atoms with van der Waals surface area (Å²) in [7, 11) is 0. The number of ether oxygens (including phenoxy) is 1. The van der Waals surface area contributed by atoms with Gasteiger partial charge in [0, 0.05) is 29.4 Å². The van der Waals surface area contributed by atoms with Crippen LogP contribution in [0.3, 0.4) is 0 Å². The fourth-order valence-electron chi connectivity index (χ4n) is 4.79. The number of imidazole rings is 1. The van der Waals surface area contributed by atoms with Crippen molar-refractivity contribution in [2.75, 3.05) is 18.5 Å². The molecular formula is C28H31N5O3. The van der Waals surface area contributed by atoms with Gasteiger partial charge in [-0.25, -0.2) is 4.98 Å². The van der Waals surface area contributed by atoms with Crippen molar-refractivity contribution in [2.45, 2.75) is 44.7 Å². The summed E-state index contributed by atoms with van der Waals surface area (Å²) in [6.45, 7) is 2.10. The first-order valence-electron chi connectivity index (χ1n) is 12.5. The molecule has 1 fully saturated rings. The van der Waals surface area contributed by atoms with E-state index in [1.807, 2.05) is 28.8 Å². The maximum atomic E-state index is 13.0. The number of carbonyl (C=O) groups is 2. The summed E-state index contributed by atoms with van der Waals surface area (Å²) in [6.07, 6.45) is 5.45. The fourth-order valence-corrected chi connectivity index (χ4v) is 4.79. The molecule has 4 N–H and O–H groups in total. The Balaban J connectivity index is 1.48. The molecule has 36 heavy (non-hydrogen) atoms. The predicted molar refractivity (Wildman–Crippen MR) is 141 cm³/mol. The van der Waals surface area contributed by atoms with Gasteiger partial charge in [0.15, 0.2) is 0 Å². The Hall–Kier alpha value is -3.91. The van der Waals surface area contributed by atoms with Crippen LogP contribution in [0.4, 0.5) is 5.82 Å². The van der Waals surface area contributed by atoms with Gasteiger partial charge in [-0.15, -0.1) is 0 Å². The molecule has 0 spiro atoms. The first-order chi connectivity index (χ1) is 17.5. The molecule has 0 unspecified atom stereocenters. The third-order valence-electron chi connectivity index (χ3n) is 6.72. The van der Waals surface area contributed by atoms with E-state index in [0.717, 1.165) is 42.0 Å². The number of esters is 1. The third kappa shape index (κ3) is 5.04. The number of nitrogens with two attached hydrogens (primary N) is 1. The van der Waals surface area contributed by atoms with Gasteiger partial charge in [0.1, 0.15) is 23.7 Å². The maximum absolute atomic E-state index is 13.0. The number of rotatable bonds is 7. The fraction of sp³-hybridized carbons (Fsp3) is 0.321. The molecular weight excluding hydrogens is 454 g/mol. The van der Waals surface area contributed by atoms with E-state index in [1.54, 1.807) is 19.1 Å². The molecule has 2 aromatic heterocycles. The van der Waals surface area contributed by atoms with Crippen LogP contribution in [0.1, 0.15) is 43.0 Å². The third-order valence-corrected chi connectivity index (χ3v) is 6.72. The largest absolute Gasteiger partial charge is 0.465 e. The van der Waals surface area contributed by atoms with E-state index in [-0.39, 0.29) is 30.5 Å². The molecule has 0 bridgehead atoms. The molecule has 0 saturated heterocycles. The number of fused-ring (bicyclic) bond motifs is 2. The zero-order valence-corrected chi connectivity index (χ0v) is 20.4.